The molecule has 0 saturated heterocycles. The lowest BCUT2D eigenvalue weighted by atomic mass is 10.1. The maximum atomic E-state index is 12.7. The van der Waals surface area contributed by atoms with Crippen LogP contribution in [-0.2, 0) is 6.42 Å². The zero-order valence-corrected chi connectivity index (χ0v) is 14.0. The van der Waals surface area contributed by atoms with Crippen molar-refractivity contribution in [1.29, 1.82) is 0 Å². The lowest BCUT2D eigenvalue weighted by Gasteiger charge is -2.26. The number of hydrogen-bond acceptors (Lipinski definition) is 1. The van der Waals surface area contributed by atoms with Gasteiger partial charge in [0, 0.05) is 11.5 Å². The molecule has 2 nitrogen and oxygen atoms in total. The summed E-state index contributed by atoms with van der Waals surface area (Å²) in [4.78, 5) is 14.5. The zero-order chi connectivity index (χ0) is 15.0. The van der Waals surface area contributed by atoms with Gasteiger partial charge in [0.25, 0.3) is 5.91 Å². The molecule has 0 bridgehead atoms. The van der Waals surface area contributed by atoms with Gasteiger partial charge in [-0.05, 0) is 42.2 Å². The van der Waals surface area contributed by atoms with E-state index in [1.807, 2.05) is 19.2 Å². The monoisotopic (exact) mass is 363 g/mol. The Morgan fingerprint density at radius 1 is 1.29 bits per heavy atom. The van der Waals surface area contributed by atoms with Gasteiger partial charge in [-0.2, -0.15) is 0 Å². The third-order valence-corrected chi connectivity index (χ3v) is 4.86. The van der Waals surface area contributed by atoms with Crippen LogP contribution in [0.15, 0.2) is 46.9 Å². The normalized spacial score (nSPS) is 16.6. The van der Waals surface area contributed by atoms with E-state index in [4.69, 9.17) is 11.6 Å². The Hall–Kier alpha value is -1.32. The maximum absolute atomic E-state index is 12.7. The van der Waals surface area contributed by atoms with Crippen LogP contribution in [0.4, 0.5) is 0 Å². The van der Waals surface area contributed by atoms with Crippen LogP contribution in [0.1, 0.15) is 33.9 Å². The largest absolute Gasteiger partial charge is 0.335 e. The molecule has 0 spiro atoms. The van der Waals surface area contributed by atoms with E-state index in [-0.39, 0.29) is 11.9 Å². The van der Waals surface area contributed by atoms with Crippen molar-refractivity contribution in [2.45, 2.75) is 18.9 Å². The first-order valence-corrected chi connectivity index (χ1v) is 8.05. The van der Waals surface area contributed by atoms with Crippen molar-refractivity contribution in [3.63, 3.8) is 0 Å². The van der Waals surface area contributed by atoms with Gasteiger partial charge in [0.05, 0.1) is 16.6 Å². The highest BCUT2D eigenvalue weighted by Gasteiger charge is 2.29. The van der Waals surface area contributed by atoms with Crippen LogP contribution < -0.4 is 0 Å². The summed E-state index contributed by atoms with van der Waals surface area (Å²) in [7, 11) is 1.85. The summed E-state index contributed by atoms with van der Waals surface area (Å²) in [6, 6.07) is 13.8. The summed E-state index contributed by atoms with van der Waals surface area (Å²) in [5.41, 5.74) is 3.14. The topological polar surface area (TPSA) is 20.3 Å². The molecular formula is C17H15BrClNO. The molecule has 0 fully saturated rings. The van der Waals surface area contributed by atoms with Crippen LogP contribution in [0.2, 0.25) is 5.02 Å². The summed E-state index contributed by atoms with van der Waals surface area (Å²) in [5, 5.41) is 0.479. The van der Waals surface area contributed by atoms with E-state index in [1.165, 1.54) is 11.1 Å². The second kappa shape index (κ2) is 5.82. The van der Waals surface area contributed by atoms with Crippen molar-refractivity contribution in [2.24, 2.45) is 0 Å². The van der Waals surface area contributed by atoms with Crippen LogP contribution in [0.3, 0.4) is 0 Å². The van der Waals surface area contributed by atoms with Crippen LogP contribution >= 0.6 is 27.5 Å². The van der Waals surface area contributed by atoms with Crippen molar-refractivity contribution in [2.75, 3.05) is 7.05 Å². The Balaban J connectivity index is 1.89. The van der Waals surface area contributed by atoms with Crippen LogP contribution in [0.5, 0.6) is 0 Å². The highest BCUT2D eigenvalue weighted by Crippen LogP contribution is 2.36. The van der Waals surface area contributed by atoms with E-state index in [9.17, 15) is 4.79 Å². The molecule has 1 aliphatic carbocycles. The number of nitrogens with zero attached hydrogens (tertiary/aromatic N) is 1. The third kappa shape index (κ3) is 2.72. The number of fused-ring (bicyclic) bond motifs is 1. The van der Waals surface area contributed by atoms with Crippen LogP contribution in [-0.4, -0.2) is 17.9 Å². The molecule has 0 saturated carbocycles. The van der Waals surface area contributed by atoms with Gasteiger partial charge >= 0.3 is 0 Å². The number of aryl methyl sites for hydroxylation is 1. The SMILES string of the molecule is CN(C(=O)c1ccc(Br)cc1Cl)C1CCc2ccccc21. The van der Waals surface area contributed by atoms with Gasteiger partial charge in [-0.3, -0.25) is 4.79 Å². The highest BCUT2D eigenvalue weighted by molar-refractivity contribution is 9.10. The predicted molar refractivity (Wildman–Crippen MR) is 88.7 cm³/mol. The fraction of sp³-hybridized carbons (Fsp3) is 0.235. The molecule has 0 aliphatic heterocycles. The molecule has 0 heterocycles. The van der Waals surface area contributed by atoms with Crippen molar-refractivity contribution in [3.8, 4) is 0 Å². The minimum atomic E-state index is -0.0331. The molecule has 21 heavy (non-hydrogen) atoms. The predicted octanol–water partition coefficient (Wildman–Crippen LogP) is 4.86. The van der Waals surface area contributed by atoms with Crippen LogP contribution in [0, 0.1) is 0 Å². The minimum Gasteiger partial charge on any atom is -0.335 e. The summed E-state index contributed by atoms with van der Waals surface area (Å²) in [5.74, 6) is -0.0331. The number of benzene rings is 2. The highest BCUT2D eigenvalue weighted by atomic mass is 79.9. The quantitative estimate of drug-likeness (QED) is 0.745. The number of rotatable bonds is 2. The lowest BCUT2D eigenvalue weighted by molar-refractivity contribution is 0.0731. The molecule has 2 aromatic rings. The number of carbonyl (C=O) groups is 1. The minimum absolute atomic E-state index is 0.0331. The molecule has 1 atom stereocenters. The molecular weight excluding hydrogens is 350 g/mol. The Bertz CT molecular complexity index is 701. The summed E-state index contributed by atoms with van der Waals surface area (Å²) < 4.78 is 0.873. The van der Waals surface area contributed by atoms with Crippen molar-refractivity contribution >= 4 is 33.4 Å². The Morgan fingerprint density at radius 3 is 2.81 bits per heavy atom. The molecule has 0 radical (unpaired) electrons. The van der Waals surface area contributed by atoms with Gasteiger partial charge in [0.2, 0.25) is 0 Å². The molecule has 4 heteroatoms. The number of amides is 1. The zero-order valence-electron chi connectivity index (χ0n) is 11.6. The van der Waals surface area contributed by atoms with Gasteiger partial charge in [0.15, 0.2) is 0 Å². The first kappa shape index (κ1) is 14.6. The van der Waals surface area contributed by atoms with Gasteiger partial charge in [0.1, 0.15) is 0 Å². The Kier molecular flexibility index (Phi) is 4.05. The van der Waals surface area contributed by atoms with E-state index in [1.54, 1.807) is 17.0 Å². The average Bonchev–Trinajstić information content (AvgIpc) is 2.90. The van der Waals surface area contributed by atoms with E-state index < -0.39 is 0 Å². The fourth-order valence-corrected chi connectivity index (χ4v) is 3.69. The molecule has 0 N–H and O–H groups in total. The van der Waals surface area contributed by atoms with E-state index in [0.29, 0.717) is 10.6 Å². The van der Waals surface area contributed by atoms with Gasteiger partial charge in [-0.1, -0.05) is 51.8 Å². The Labute approximate surface area is 137 Å². The third-order valence-electron chi connectivity index (χ3n) is 4.05. The number of carbonyl (C=O) groups excluding carboxylic acids is 1. The molecule has 3 rings (SSSR count). The number of halogens is 2. The number of hydrogen-bond donors (Lipinski definition) is 0. The second-order valence-corrected chi connectivity index (χ2v) is 6.62. The first-order valence-electron chi connectivity index (χ1n) is 6.88. The second-order valence-electron chi connectivity index (χ2n) is 5.29. The van der Waals surface area contributed by atoms with E-state index in [0.717, 1.165) is 17.3 Å². The van der Waals surface area contributed by atoms with Crippen LogP contribution in [0.25, 0.3) is 0 Å². The van der Waals surface area contributed by atoms with Crippen molar-refractivity contribution in [1.82, 2.24) is 4.90 Å². The summed E-state index contributed by atoms with van der Waals surface area (Å²) in [6.45, 7) is 0. The molecule has 1 aliphatic rings. The lowest BCUT2D eigenvalue weighted by Crippen LogP contribution is -2.30. The van der Waals surface area contributed by atoms with E-state index >= 15 is 0 Å². The summed E-state index contributed by atoms with van der Waals surface area (Å²) >= 11 is 9.56. The first-order chi connectivity index (χ1) is 10.1. The molecule has 108 valence electrons. The molecule has 1 amide bonds. The summed E-state index contributed by atoms with van der Waals surface area (Å²) in [6.07, 6.45) is 1.99. The Morgan fingerprint density at radius 2 is 2.05 bits per heavy atom. The standard InChI is InChI=1S/C17H15BrClNO/c1-20(16-9-6-11-4-2-3-5-13(11)16)17(21)14-8-7-12(18)10-15(14)19/h2-5,7-8,10,16H,6,9H2,1H3. The molecule has 2 aromatic carbocycles. The molecule has 0 aromatic heterocycles. The maximum Gasteiger partial charge on any atom is 0.255 e. The van der Waals surface area contributed by atoms with Crippen molar-refractivity contribution < 1.29 is 4.79 Å². The van der Waals surface area contributed by atoms with Gasteiger partial charge in [-0.15, -0.1) is 0 Å². The van der Waals surface area contributed by atoms with Gasteiger partial charge in [-0.25, -0.2) is 0 Å². The van der Waals surface area contributed by atoms with Gasteiger partial charge < -0.3 is 4.90 Å². The average molecular weight is 365 g/mol. The smallest absolute Gasteiger partial charge is 0.255 e. The fourth-order valence-electron chi connectivity index (χ4n) is 2.93. The molecule has 1 unspecified atom stereocenters. The van der Waals surface area contributed by atoms with E-state index in [2.05, 4.69) is 34.1 Å². The van der Waals surface area contributed by atoms with Crippen molar-refractivity contribution in [3.05, 3.63) is 68.7 Å².